The number of hydrogen-bond donors (Lipinski definition) is 3. The molecule has 1 aliphatic rings. The van der Waals surface area contributed by atoms with Crippen LogP contribution in [0.4, 0.5) is 35.0 Å². The van der Waals surface area contributed by atoms with Gasteiger partial charge in [-0.2, -0.15) is 18.2 Å². The Bertz CT molecular complexity index is 1420. The van der Waals surface area contributed by atoms with Crippen LogP contribution >= 0.6 is 0 Å². The quantitative estimate of drug-likeness (QED) is 0.236. The topological polar surface area (TPSA) is 70.1 Å². The molecule has 0 spiro atoms. The number of aromatic nitrogens is 2. The number of nitrogens with zero attached hydrogens (tertiary/aromatic N) is 2. The summed E-state index contributed by atoms with van der Waals surface area (Å²) in [6, 6.07) is 18.1. The highest BCUT2D eigenvalue weighted by Crippen LogP contribution is 2.33. The maximum Gasteiger partial charge on any atom is 0.416 e. The van der Waals surface area contributed by atoms with Gasteiger partial charge in [0.1, 0.15) is 11.6 Å². The first-order valence-electron chi connectivity index (χ1n) is 12.3. The largest absolute Gasteiger partial charge is 0.416 e. The molecule has 0 bridgehead atoms. The van der Waals surface area contributed by atoms with E-state index in [4.69, 9.17) is 0 Å². The van der Waals surface area contributed by atoms with Gasteiger partial charge in [-0.1, -0.05) is 36.4 Å². The molecule has 2 atom stereocenters. The highest BCUT2D eigenvalue weighted by atomic mass is 19.4. The van der Waals surface area contributed by atoms with Gasteiger partial charge in [0.2, 0.25) is 5.95 Å². The van der Waals surface area contributed by atoms with Crippen LogP contribution in [0.1, 0.15) is 41.6 Å². The van der Waals surface area contributed by atoms with Gasteiger partial charge in [-0.25, -0.2) is 9.37 Å². The summed E-state index contributed by atoms with van der Waals surface area (Å²) >= 11 is 0. The van der Waals surface area contributed by atoms with E-state index < -0.39 is 17.8 Å². The van der Waals surface area contributed by atoms with E-state index in [1.165, 1.54) is 24.3 Å². The van der Waals surface area contributed by atoms with Crippen LogP contribution in [0.2, 0.25) is 0 Å². The molecule has 0 amide bonds. The van der Waals surface area contributed by atoms with Crippen LogP contribution in [0.3, 0.4) is 0 Å². The lowest BCUT2D eigenvalue weighted by atomic mass is 9.88. The number of aryl methyl sites for hydroxylation is 1. The lowest BCUT2D eigenvalue weighted by Crippen LogP contribution is -2.19. The van der Waals surface area contributed by atoms with Gasteiger partial charge in [0.25, 0.3) is 0 Å². The number of alkyl halides is 3. The van der Waals surface area contributed by atoms with Crippen molar-refractivity contribution >= 4 is 17.5 Å². The van der Waals surface area contributed by atoms with Crippen LogP contribution in [0.15, 0.2) is 72.8 Å². The van der Waals surface area contributed by atoms with E-state index in [1.54, 1.807) is 18.2 Å². The van der Waals surface area contributed by atoms with Crippen molar-refractivity contribution in [1.82, 2.24) is 9.97 Å². The summed E-state index contributed by atoms with van der Waals surface area (Å²) in [6.07, 6.45) is -2.87. The molecule has 0 saturated carbocycles. The molecule has 0 saturated heterocycles. The molecule has 5 nitrogen and oxygen atoms in total. The fourth-order valence-electron chi connectivity index (χ4n) is 4.61. The summed E-state index contributed by atoms with van der Waals surface area (Å²) in [5.74, 6) is 0.355. The van der Waals surface area contributed by atoms with Gasteiger partial charge in [0.15, 0.2) is 0 Å². The second kappa shape index (κ2) is 10.4. The molecule has 1 aliphatic carbocycles. The molecule has 5 rings (SSSR count). The molecule has 38 heavy (non-hydrogen) atoms. The summed E-state index contributed by atoms with van der Waals surface area (Å²) in [4.78, 5) is 9.17. The molecule has 4 aromatic rings. The first kappa shape index (κ1) is 25.7. The second-order valence-corrected chi connectivity index (χ2v) is 9.42. The van der Waals surface area contributed by atoms with Gasteiger partial charge in [0, 0.05) is 23.7 Å². The number of rotatable bonds is 6. The maximum atomic E-state index is 13.4. The number of fused-ring (bicyclic) bond motifs is 1. The van der Waals surface area contributed by atoms with E-state index in [0.717, 1.165) is 40.9 Å². The van der Waals surface area contributed by atoms with Crippen molar-refractivity contribution in [3.8, 4) is 11.3 Å². The zero-order valence-corrected chi connectivity index (χ0v) is 20.6. The summed E-state index contributed by atoms with van der Waals surface area (Å²) in [5.41, 5.74) is 3.95. The molecule has 1 heterocycles. The first-order valence-corrected chi connectivity index (χ1v) is 12.3. The van der Waals surface area contributed by atoms with Crippen molar-refractivity contribution in [1.29, 1.82) is 0 Å². The molecule has 196 valence electrons. The third-order valence-electron chi connectivity index (χ3n) is 6.67. The van der Waals surface area contributed by atoms with E-state index in [0.29, 0.717) is 29.9 Å². The minimum absolute atomic E-state index is 0.256. The zero-order valence-electron chi connectivity index (χ0n) is 20.6. The highest BCUT2D eigenvalue weighted by Gasteiger charge is 2.30. The second-order valence-electron chi connectivity index (χ2n) is 9.42. The van der Waals surface area contributed by atoms with Gasteiger partial charge in [-0.05, 0) is 66.8 Å². The van der Waals surface area contributed by atoms with E-state index in [2.05, 4.69) is 20.6 Å². The number of nitrogens with one attached hydrogen (secondary N) is 2. The molecule has 9 heteroatoms. The summed E-state index contributed by atoms with van der Waals surface area (Å²) in [6.45, 7) is 1.88. The Morgan fingerprint density at radius 2 is 1.71 bits per heavy atom. The standard InChI is InChI=1S/C29H26F4N4O/c1-17(18-7-12-22(30)13-8-18)34-28-36-26(20-5-10-21(11-6-20)29(31,32)33)16-27(37-28)35-25-4-2-3-19-9-14-23(38)15-24(19)25/h2-8,10-13,16-17,23,38H,9,14-15H2,1H3,(H2,34,35,36,37)/t17-,23?/m0/s1. The molecule has 1 unspecified atom stereocenters. The Labute approximate surface area is 217 Å². The van der Waals surface area contributed by atoms with Gasteiger partial charge < -0.3 is 15.7 Å². The summed E-state index contributed by atoms with van der Waals surface area (Å²) in [5, 5.41) is 16.8. The van der Waals surface area contributed by atoms with Gasteiger partial charge in [-0.3, -0.25) is 0 Å². The van der Waals surface area contributed by atoms with Gasteiger partial charge in [-0.15, -0.1) is 0 Å². The van der Waals surface area contributed by atoms with E-state index in [1.807, 2.05) is 25.1 Å². The Morgan fingerprint density at radius 3 is 2.42 bits per heavy atom. The third kappa shape index (κ3) is 5.78. The minimum atomic E-state index is -4.44. The van der Waals surface area contributed by atoms with E-state index in [9.17, 15) is 22.7 Å². The molecule has 3 aromatic carbocycles. The Kier molecular flexibility index (Phi) is 7.03. The molecular formula is C29H26F4N4O. The number of hydrogen-bond acceptors (Lipinski definition) is 5. The predicted octanol–water partition coefficient (Wildman–Crippen LogP) is 7.07. The zero-order chi connectivity index (χ0) is 26.9. The molecule has 0 aliphatic heterocycles. The summed E-state index contributed by atoms with van der Waals surface area (Å²) < 4.78 is 52.7. The Balaban J connectivity index is 1.51. The summed E-state index contributed by atoms with van der Waals surface area (Å²) in [7, 11) is 0. The lowest BCUT2D eigenvalue weighted by molar-refractivity contribution is -0.137. The molecule has 1 aromatic heterocycles. The van der Waals surface area contributed by atoms with Crippen molar-refractivity contribution in [3.63, 3.8) is 0 Å². The van der Waals surface area contributed by atoms with E-state index >= 15 is 0 Å². The number of aliphatic hydroxyl groups is 1. The predicted molar refractivity (Wildman–Crippen MR) is 139 cm³/mol. The van der Waals surface area contributed by atoms with Crippen LogP contribution < -0.4 is 10.6 Å². The van der Waals surface area contributed by atoms with Crippen LogP contribution in [0.5, 0.6) is 0 Å². The number of halogens is 4. The van der Waals surface area contributed by atoms with Crippen LogP contribution in [0, 0.1) is 5.82 Å². The fourth-order valence-corrected chi connectivity index (χ4v) is 4.61. The van der Waals surface area contributed by atoms with Crippen molar-refractivity contribution in [2.24, 2.45) is 0 Å². The molecular weight excluding hydrogens is 496 g/mol. The monoisotopic (exact) mass is 522 g/mol. The van der Waals surface area contributed by atoms with Crippen LogP contribution in [-0.4, -0.2) is 21.2 Å². The van der Waals surface area contributed by atoms with Gasteiger partial charge >= 0.3 is 6.18 Å². The Hall–Kier alpha value is -3.98. The minimum Gasteiger partial charge on any atom is -0.393 e. The molecule has 0 fully saturated rings. The van der Waals surface area contributed by atoms with Crippen molar-refractivity contribution < 1.29 is 22.7 Å². The van der Waals surface area contributed by atoms with Crippen molar-refractivity contribution in [2.75, 3.05) is 10.6 Å². The number of aliphatic hydroxyl groups excluding tert-OH is 1. The lowest BCUT2D eigenvalue weighted by Gasteiger charge is -2.24. The van der Waals surface area contributed by atoms with Crippen molar-refractivity contribution in [2.45, 2.75) is 44.5 Å². The SMILES string of the molecule is C[C@H](Nc1nc(Nc2cccc3c2CC(O)CC3)cc(-c2ccc(C(F)(F)F)cc2)n1)c1ccc(F)cc1. The Morgan fingerprint density at radius 1 is 0.974 bits per heavy atom. The first-order chi connectivity index (χ1) is 18.2. The maximum absolute atomic E-state index is 13.4. The average molecular weight is 523 g/mol. The molecule has 3 N–H and O–H groups in total. The normalized spacial score (nSPS) is 16.0. The van der Waals surface area contributed by atoms with Crippen LogP contribution in [0.25, 0.3) is 11.3 Å². The van der Waals surface area contributed by atoms with Gasteiger partial charge in [0.05, 0.1) is 23.4 Å². The smallest absolute Gasteiger partial charge is 0.393 e. The number of benzene rings is 3. The van der Waals surface area contributed by atoms with E-state index in [-0.39, 0.29) is 17.8 Å². The highest BCUT2D eigenvalue weighted by molar-refractivity contribution is 5.70. The average Bonchev–Trinajstić information content (AvgIpc) is 2.89. The van der Waals surface area contributed by atoms with Crippen LogP contribution in [-0.2, 0) is 19.0 Å². The molecule has 0 radical (unpaired) electrons. The fraction of sp³-hybridized carbons (Fsp3) is 0.241. The third-order valence-corrected chi connectivity index (χ3v) is 6.67. The van der Waals surface area contributed by atoms with Crippen molar-refractivity contribution in [3.05, 3.63) is 101 Å². The number of anilines is 3.